The number of primary sulfonamides is 1. The second-order valence-corrected chi connectivity index (χ2v) is 8.10. The van der Waals surface area contributed by atoms with Gasteiger partial charge < -0.3 is 10.4 Å². The monoisotopic (exact) mass is 401 g/mol. The lowest BCUT2D eigenvalue weighted by atomic mass is 10.1. The molecule has 0 bridgehead atoms. The van der Waals surface area contributed by atoms with E-state index in [1.54, 1.807) is 23.7 Å². The highest BCUT2D eigenvalue weighted by atomic mass is 32.2. The van der Waals surface area contributed by atoms with Gasteiger partial charge in [-0.1, -0.05) is 30.3 Å². The standard InChI is InChI=1S/C19H23N5O3S/c1-14(25)12-21-13-19-22-18(11-15-5-3-2-4-6-15)23-24(19)16-7-9-17(10-8-16)28(20,26)27/h2-10,14,21,25H,11-13H2,1H3,(H2,20,26,27). The Kier molecular flexibility index (Phi) is 6.20. The quantitative estimate of drug-likeness (QED) is 0.517. The minimum Gasteiger partial charge on any atom is -0.392 e. The maximum Gasteiger partial charge on any atom is 0.238 e. The van der Waals surface area contributed by atoms with Crippen LogP contribution in [0.3, 0.4) is 0 Å². The summed E-state index contributed by atoms with van der Waals surface area (Å²) in [6.45, 7) is 2.53. The van der Waals surface area contributed by atoms with E-state index in [-0.39, 0.29) is 4.90 Å². The van der Waals surface area contributed by atoms with Crippen molar-refractivity contribution in [1.82, 2.24) is 20.1 Å². The van der Waals surface area contributed by atoms with Gasteiger partial charge in [-0.05, 0) is 36.8 Å². The van der Waals surface area contributed by atoms with Crippen LogP contribution in [0.2, 0.25) is 0 Å². The molecule has 8 nitrogen and oxygen atoms in total. The van der Waals surface area contributed by atoms with Crippen molar-refractivity contribution < 1.29 is 13.5 Å². The van der Waals surface area contributed by atoms with E-state index in [0.717, 1.165) is 5.56 Å². The van der Waals surface area contributed by atoms with Crippen LogP contribution >= 0.6 is 0 Å². The summed E-state index contributed by atoms with van der Waals surface area (Å²) in [5.41, 5.74) is 1.76. The van der Waals surface area contributed by atoms with Gasteiger partial charge in [0.25, 0.3) is 0 Å². The summed E-state index contributed by atoms with van der Waals surface area (Å²) in [6, 6.07) is 16.0. The maximum absolute atomic E-state index is 11.5. The number of nitrogens with one attached hydrogen (secondary N) is 1. The molecule has 28 heavy (non-hydrogen) atoms. The summed E-state index contributed by atoms with van der Waals surface area (Å²) < 4.78 is 24.6. The zero-order valence-corrected chi connectivity index (χ0v) is 16.3. The third-order valence-electron chi connectivity index (χ3n) is 4.06. The summed E-state index contributed by atoms with van der Waals surface area (Å²) >= 11 is 0. The smallest absolute Gasteiger partial charge is 0.238 e. The van der Waals surface area contributed by atoms with Gasteiger partial charge >= 0.3 is 0 Å². The van der Waals surface area contributed by atoms with E-state index < -0.39 is 16.1 Å². The molecule has 9 heteroatoms. The summed E-state index contributed by atoms with van der Waals surface area (Å²) in [6.07, 6.45) is 0.0983. The molecule has 1 atom stereocenters. The third kappa shape index (κ3) is 5.23. The molecule has 1 heterocycles. The van der Waals surface area contributed by atoms with Gasteiger partial charge in [0.05, 0.1) is 23.2 Å². The van der Waals surface area contributed by atoms with Crippen molar-refractivity contribution in [3.05, 3.63) is 71.8 Å². The number of nitrogens with two attached hydrogens (primary N) is 1. The van der Waals surface area contributed by atoms with E-state index in [9.17, 15) is 13.5 Å². The molecule has 4 N–H and O–H groups in total. The Balaban J connectivity index is 1.90. The van der Waals surface area contributed by atoms with E-state index in [1.807, 2.05) is 30.3 Å². The van der Waals surface area contributed by atoms with Crippen LogP contribution in [0.5, 0.6) is 0 Å². The van der Waals surface area contributed by atoms with Gasteiger partial charge in [0.15, 0.2) is 5.82 Å². The maximum atomic E-state index is 11.5. The normalized spacial score (nSPS) is 12.8. The summed E-state index contributed by atoms with van der Waals surface area (Å²) in [7, 11) is -3.76. The molecule has 0 aliphatic rings. The van der Waals surface area contributed by atoms with Gasteiger partial charge in [-0.25, -0.2) is 23.2 Å². The molecule has 0 saturated carbocycles. The van der Waals surface area contributed by atoms with Crippen LogP contribution in [-0.2, 0) is 23.0 Å². The minimum absolute atomic E-state index is 0.0367. The zero-order valence-electron chi connectivity index (χ0n) is 15.5. The molecule has 0 radical (unpaired) electrons. The number of aliphatic hydroxyl groups excluding tert-OH is 1. The molecular formula is C19H23N5O3S. The van der Waals surface area contributed by atoms with Crippen LogP contribution in [0.15, 0.2) is 59.5 Å². The van der Waals surface area contributed by atoms with Crippen molar-refractivity contribution in [2.24, 2.45) is 5.14 Å². The van der Waals surface area contributed by atoms with E-state index in [4.69, 9.17) is 5.14 Å². The first-order valence-electron chi connectivity index (χ1n) is 8.83. The molecule has 0 saturated heterocycles. The van der Waals surface area contributed by atoms with Gasteiger partial charge in [-0.2, -0.15) is 5.10 Å². The molecular weight excluding hydrogens is 378 g/mol. The lowest BCUT2D eigenvalue weighted by Crippen LogP contribution is -2.25. The molecule has 0 fully saturated rings. The first-order valence-corrected chi connectivity index (χ1v) is 10.4. The highest BCUT2D eigenvalue weighted by Gasteiger charge is 2.14. The van der Waals surface area contributed by atoms with Gasteiger partial charge in [0.1, 0.15) is 5.82 Å². The van der Waals surface area contributed by atoms with E-state index in [0.29, 0.717) is 36.8 Å². The zero-order chi connectivity index (χ0) is 20.1. The Morgan fingerprint density at radius 1 is 1.14 bits per heavy atom. The topological polar surface area (TPSA) is 123 Å². The third-order valence-corrected chi connectivity index (χ3v) is 4.99. The van der Waals surface area contributed by atoms with Crippen molar-refractivity contribution in [2.45, 2.75) is 30.9 Å². The predicted molar refractivity (Wildman–Crippen MR) is 105 cm³/mol. The van der Waals surface area contributed by atoms with Crippen molar-refractivity contribution in [2.75, 3.05) is 6.54 Å². The first kappa shape index (κ1) is 20.2. The molecule has 0 amide bonds. The Bertz CT molecular complexity index is 1020. The highest BCUT2D eigenvalue weighted by Crippen LogP contribution is 2.15. The van der Waals surface area contributed by atoms with Crippen molar-refractivity contribution in [1.29, 1.82) is 0 Å². The average molecular weight is 401 g/mol. The fourth-order valence-electron chi connectivity index (χ4n) is 2.74. The highest BCUT2D eigenvalue weighted by molar-refractivity contribution is 7.89. The number of hydrogen-bond donors (Lipinski definition) is 3. The number of hydrogen-bond acceptors (Lipinski definition) is 6. The molecule has 2 aromatic carbocycles. The minimum atomic E-state index is -3.76. The molecule has 3 aromatic rings. The van der Waals surface area contributed by atoms with Crippen LogP contribution in [0.25, 0.3) is 5.69 Å². The Morgan fingerprint density at radius 3 is 2.43 bits per heavy atom. The summed E-state index contributed by atoms with van der Waals surface area (Å²) in [5, 5.41) is 22.3. The van der Waals surface area contributed by atoms with Gasteiger partial charge in [-0.15, -0.1) is 0 Å². The lowest BCUT2D eigenvalue weighted by Gasteiger charge is -2.09. The van der Waals surface area contributed by atoms with Crippen LogP contribution < -0.4 is 10.5 Å². The molecule has 148 valence electrons. The number of benzene rings is 2. The van der Waals surface area contributed by atoms with Crippen molar-refractivity contribution in [3.8, 4) is 5.69 Å². The first-order chi connectivity index (χ1) is 13.3. The molecule has 1 unspecified atom stereocenters. The fraction of sp³-hybridized carbons (Fsp3) is 0.263. The number of rotatable bonds is 8. The Labute approximate surface area is 164 Å². The lowest BCUT2D eigenvalue weighted by molar-refractivity contribution is 0.190. The Morgan fingerprint density at radius 2 is 1.82 bits per heavy atom. The van der Waals surface area contributed by atoms with Gasteiger partial charge in [0.2, 0.25) is 10.0 Å². The number of aromatic nitrogens is 3. The van der Waals surface area contributed by atoms with Crippen LogP contribution in [-0.4, -0.2) is 40.9 Å². The SMILES string of the molecule is CC(O)CNCc1nc(Cc2ccccc2)nn1-c1ccc(S(N)(=O)=O)cc1. The molecule has 0 aliphatic carbocycles. The Hall–Kier alpha value is -2.59. The second kappa shape index (κ2) is 8.61. The largest absolute Gasteiger partial charge is 0.392 e. The van der Waals surface area contributed by atoms with Crippen molar-refractivity contribution in [3.63, 3.8) is 0 Å². The van der Waals surface area contributed by atoms with Crippen molar-refractivity contribution >= 4 is 10.0 Å². The molecule has 0 spiro atoms. The van der Waals surface area contributed by atoms with Gasteiger partial charge in [0, 0.05) is 13.0 Å². The summed E-state index contributed by atoms with van der Waals surface area (Å²) in [4.78, 5) is 4.65. The molecule has 1 aromatic heterocycles. The number of aliphatic hydroxyl groups is 1. The summed E-state index contributed by atoms with van der Waals surface area (Å²) in [5.74, 6) is 1.31. The van der Waals surface area contributed by atoms with E-state index in [2.05, 4.69) is 15.4 Å². The van der Waals surface area contributed by atoms with E-state index in [1.165, 1.54) is 12.1 Å². The van der Waals surface area contributed by atoms with E-state index >= 15 is 0 Å². The average Bonchev–Trinajstić information content (AvgIpc) is 3.04. The van der Waals surface area contributed by atoms with Crippen LogP contribution in [0, 0.1) is 0 Å². The van der Waals surface area contributed by atoms with Crippen LogP contribution in [0.1, 0.15) is 24.1 Å². The van der Waals surface area contributed by atoms with Crippen LogP contribution in [0.4, 0.5) is 0 Å². The molecule has 0 aliphatic heterocycles. The number of sulfonamides is 1. The number of nitrogens with zero attached hydrogens (tertiary/aromatic N) is 3. The second-order valence-electron chi connectivity index (χ2n) is 6.54. The fourth-order valence-corrected chi connectivity index (χ4v) is 3.25. The van der Waals surface area contributed by atoms with Gasteiger partial charge in [-0.3, -0.25) is 0 Å². The molecule has 3 rings (SSSR count). The predicted octanol–water partition coefficient (Wildman–Crippen LogP) is 0.976.